The van der Waals surface area contributed by atoms with Gasteiger partial charge in [0.2, 0.25) is 21.8 Å². The van der Waals surface area contributed by atoms with Crippen LogP contribution >= 0.6 is 0 Å². The average molecular weight is 549 g/mol. The normalized spacial score (nSPS) is 14.8. The fourth-order valence-electron chi connectivity index (χ4n) is 4.18. The summed E-state index contributed by atoms with van der Waals surface area (Å²) in [5.41, 5.74) is 3.48. The number of sulfonamides is 1. The Labute approximate surface area is 227 Å². The highest BCUT2D eigenvalue weighted by molar-refractivity contribution is 7.92. The number of aliphatic imine (C=N–C) groups is 1. The standard InChI is InChI=1S/C28H28N4O6S/c1-31(2)24(33)17-32(39(4,36)37)21-13-11-20(12-14-21)29-26(18-8-6-5-7-9-18)25-22-15-10-19(28(35)38-3)16-23(22)30-27(25)34/h5-16,25H,17H2,1-4H3,(H,30,34). The lowest BCUT2D eigenvalue weighted by Crippen LogP contribution is -2.39. The van der Waals surface area contributed by atoms with Gasteiger partial charge in [0.25, 0.3) is 0 Å². The van der Waals surface area contributed by atoms with Gasteiger partial charge < -0.3 is 15.0 Å². The molecule has 0 spiro atoms. The molecule has 0 saturated heterocycles. The van der Waals surface area contributed by atoms with Crippen LogP contribution in [0.1, 0.15) is 27.4 Å². The van der Waals surface area contributed by atoms with E-state index in [1.54, 1.807) is 56.6 Å². The smallest absolute Gasteiger partial charge is 0.337 e. The maximum absolute atomic E-state index is 13.2. The van der Waals surface area contributed by atoms with Crippen LogP contribution in [0.5, 0.6) is 0 Å². The predicted octanol–water partition coefficient (Wildman–Crippen LogP) is 3.18. The number of carbonyl (C=O) groups excluding carboxylic acids is 3. The molecular formula is C28H28N4O6S. The minimum Gasteiger partial charge on any atom is -0.465 e. The van der Waals surface area contributed by atoms with E-state index in [1.807, 2.05) is 30.3 Å². The molecule has 0 aliphatic carbocycles. The molecule has 0 aromatic heterocycles. The molecule has 4 rings (SSSR count). The molecule has 0 saturated carbocycles. The number of esters is 1. The van der Waals surface area contributed by atoms with E-state index in [0.29, 0.717) is 33.9 Å². The molecule has 202 valence electrons. The van der Waals surface area contributed by atoms with Crippen LogP contribution in [-0.2, 0) is 24.3 Å². The lowest BCUT2D eigenvalue weighted by molar-refractivity contribution is -0.127. The summed E-state index contributed by atoms with van der Waals surface area (Å²) < 4.78 is 30.6. The molecule has 0 bridgehead atoms. The molecule has 2 amide bonds. The highest BCUT2D eigenvalue weighted by atomic mass is 32.2. The molecule has 11 heteroatoms. The third-order valence-electron chi connectivity index (χ3n) is 6.21. The molecule has 1 heterocycles. The minimum absolute atomic E-state index is 0.295. The van der Waals surface area contributed by atoms with E-state index >= 15 is 0 Å². The summed E-state index contributed by atoms with van der Waals surface area (Å²) in [6, 6.07) is 20.5. The first-order chi connectivity index (χ1) is 18.5. The molecule has 1 aliphatic rings. The third-order valence-corrected chi connectivity index (χ3v) is 7.35. The van der Waals surface area contributed by atoms with Gasteiger partial charge in [0.05, 0.1) is 36.0 Å². The first kappa shape index (κ1) is 27.5. The number of likely N-dealkylation sites (N-methyl/N-ethyl adjacent to an activating group) is 1. The first-order valence-corrected chi connectivity index (χ1v) is 13.8. The monoisotopic (exact) mass is 548 g/mol. The summed E-state index contributed by atoms with van der Waals surface area (Å²) >= 11 is 0. The molecule has 0 radical (unpaired) electrons. The van der Waals surface area contributed by atoms with Gasteiger partial charge in [-0.15, -0.1) is 0 Å². The predicted molar refractivity (Wildman–Crippen MR) is 149 cm³/mol. The van der Waals surface area contributed by atoms with Crippen LogP contribution in [0, 0.1) is 0 Å². The van der Waals surface area contributed by atoms with E-state index in [0.717, 1.165) is 16.1 Å². The summed E-state index contributed by atoms with van der Waals surface area (Å²) in [4.78, 5) is 43.5. The number of ether oxygens (including phenoxy) is 1. The van der Waals surface area contributed by atoms with Crippen LogP contribution < -0.4 is 9.62 Å². The van der Waals surface area contributed by atoms with Gasteiger partial charge in [0, 0.05) is 19.8 Å². The van der Waals surface area contributed by atoms with Crippen molar-refractivity contribution in [3.8, 4) is 0 Å². The molecular weight excluding hydrogens is 520 g/mol. The topological polar surface area (TPSA) is 125 Å². The second kappa shape index (κ2) is 11.1. The molecule has 3 aromatic carbocycles. The van der Waals surface area contributed by atoms with Gasteiger partial charge in [-0.05, 0) is 47.5 Å². The number of amides is 2. The van der Waals surface area contributed by atoms with Gasteiger partial charge in [-0.1, -0.05) is 36.4 Å². The largest absolute Gasteiger partial charge is 0.465 e. The summed E-state index contributed by atoms with van der Waals surface area (Å²) in [7, 11) is 0.672. The van der Waals surface area contributed by atoms with E-state index in [9.17, 15) is 22.8 Å². The minimum atomic E-state index is -3.73. The molecule has 0 fully saturated rings. The van der Waals surface area contributed by atoms with Crippen LogP contribution in [0.15, 0.2) is 77.8 Å². The summed E-state index contributed by atoms with van der Waals surface area (Å²) in [6.45, 7) is -0.337. The number of nitrogens with one attached hydrogen (secondary N) is 1. The maximum atomic E-state index is 13.2. The van der Waals surface area contributed by atoms with Gasteiger partial charge in [0.15, 0.2) is 0 Å². The van der Waals surface area contributed by atoms with E-state index in [1.165, 1.54) is 12.0 Å². The number of methoxy groups -OCH3 is 1. The molecule has 3 aromatic rings. The van der Waals surface area contributed by atoms with E-state index < -0.39 is 21.9 Å². The fraction of sp³-hybridized carbons (Fsp3) is 0.214. The van der Waals surface area contributed by atoms with Crippen LogP contribution in [0.2, 0.25) is 0 Å². The van der Waals surface area contributed by atoms with E-state index in [2.05, 4.69) is 5.32 Å². The molecule has 1 aliphatic heterocycles. The van der Waals surface area contributed by atoms with Crippen molar-refractivity contribution in [2.45, 2.75) is 5.92 Å². The van der Waals surface area contributed by atoms with E-state index in [-0.39, 0.29) is 18.4 Å². The summed E-state index contributed by atoms with van der Waals surface area (Å²) in [5, 5.41) is 2.83. The zero-order valence-electron chi connectivity index (χ0n) is 21.9. The number of hydrogen-bond acceptors (Lipinski definition) is 7. The van der Waals surface area contributed by atoms with Crippen molar-refractivity contribution in [3.63, 3.8) is 0 Å². The number of nitrogens with zero attached hydrogens (tertiary/aromatic N) is 3. The Hall–Kier alpha value is -4.51. The van der Waals surface area contributed by atoms with Gasteiger partial charge in [0.1, 0.15) is 12.5 Å². The number of rotatable bonds is 8. The van der Waals surface area contributed by atoms with Gasteiger partial charge in [-0.25, -0.2) is 13.2 Å². The van der Waals surface area contributed by atoms with Crippen LogP contribution in [-0.4, -0.2) is 70.8 Å². The lowest BCUT2D eigenvalue weighted by atomic mass is 9.90. The van der Waals surface area contributed by atoms with Gasteiger partial charge >= 0.3 is 5.97 Å². The molecule has 1 N–H and O–H groups in total. The fourth-order valence-corrected chi connectivity index (χ4v) is 5.03. The van der Waals surface area contributed by atoms with Crippen molar-refractivity contribution in [1.82, 2.24) is 4.90 Å². The Morgan fingerprint density at radius 3 is 2.23 bits per heavy atom. The first-order valence-electron chi connectivity index (χ1n) is 11.9. The van der Waals surface area contributed by atoms with Crippen LogP contribution in [0.25, 0.3) is 0 Å². The third kappa shape index (κ3) is 5.99. The Morgan fingerprint density at radius 1 is 0.974 bits per heavy atom. The van der Waals surface area contributed by atoms with Crippen molar-refractivity contribution in [1.29, 1.82) is 0 Å². The molecule has 39 heavy (non-hydrogen) atoms. The Kier molecular flexibility index (Phi) is 7.82. The van der Waals surface area contributed by atoms with Crippen LogP contribution in [0.3, 0.4) is 0 Å². The molecule has 10 nitrogen and oxygen atoms in total. The zero-order valence-corrected chi connectivity index (χ0v) is 22.7. The number of benzene rings is 3. The maximum Gasteiger partial charge on any atom is 0.337 e. The van der Waals surface area contributed by atoms with Crippen molar-refractivity contribution in [2.24, 2.45) is 4.99 Å². The quantitative estimate of drug-likeness (QED) is 0.341. The van der Waals surface area contributed by atoms with Gasteiger partial charge in [-0.3, -0.25) is 18.9 Å². The SMILES string of the molecule is COC(=O)c1ccc2c(c1)NC(=O)C2C(=Nc1ccc(N(CC(=O)N(C)C)S(C)(=O)=O)cc1)c1ccccc1. The van der Waals surface area contributed by atoms with Crippen LogP contribution in [0.4, 0.5) is 17.1 Å². The Balaban J connectivity index is 1.75. The molecule has 1 unspecified atom stereocenters. The number of hydrogen-bond donors (Lipinski definition) is 1. The lowest BCUT2D eigenvalue weighted by Gasteiger charge is -2.23. The second-order valence-electron chi connectivity index (χ2n) is 9.15. The number of carbonyl (C=O) groups is 3. The van der Waals surface area contributed by atoms with Crippen molar-refractivity contribution < 1.29 is 27.5 Å². The van der Waals surface area contributed by atoms with Gasteiger partial charge in [-0.2, -0.15) is 0 Å². The number of fused-ring (bicyclic) bond motifs is 1. The summed E-state index contributed by atoms with van der Waals surface area (Å²) in [5.74, 6) is -1.92. The Morgan fingerprint density at radius 2 is 1.64 bits per heavy atom. The van der Waals surface area contributed by atoms with Crippen molar-refractivity contribution >= 4 is 50.6 Å². The van der Waals surface area contributed by atoms with Crippen molar-refractivity contribution in [2.75, 3.05) is 43.6 Å². The highest BCUT2D eigenvalue weighted by Gasteiger charge is 2.36. The number of anilines is 2. The second-order valence-corrected chi connectivity index (χ2v) is 11.1. The summed E-state index contributed by atoms with van der Waals surface area (Å²) in [6.07, 6.45) is 1.04. The zero-order chi connectivity index (χ0) is 28.3. The van der Waals surface area contributed by atoms with E-state index in [4.69, 9.17) is 9.73 Å². The Bertz CT molecular complexity index is 1550. The van der Waals surface area contributed by atoms with Crippen molar-refractivity contribution in [3.05, 3.63) is 89.5 Å². The average Bonchev–Trinajstić information content (AvgIpc) is 3.24. The highest BCUT2D eigenvalue weighted by Crippen LogP contribution is 2.37. The molecule has 1 atom stereocenters.